The van der Waals surface area contributed by atoms with Crippen molar-refractivity contribution in [3.05, 3.63) is 71.0 Å². The van der Waals surface area contributed by atoms with Crippen molar-refractivity contribution in [1.29, 1.82) is 0 Å². The van der Waals surface area contributed by atoms with E-state index >= 15 is 0 Å². The molecule has 1 aliphatic rings. The number of benzene rings is 2. The van der Waals surface area contributed by atoms with E-state index in [0.29, 0.717) is 24.9 Å². The predicted molar refractivity (Wildman–Crippen MR) is 81.3 cm³/mol. The summed E-state index contributed by atoms with van der Waals surface area (Å²) in [6, 6.07) is 14.5. The van der Waals surface area contributed by atoms with Gasteiger partial charge in [0.05, 0.1) is 5.60 Å². The van der Waals surface area contributed by atoms with Crippen LogP contribution < -0.4 is 5.73 Å². The van der Waals surface area contributed by atoms with E-state index in [2.05, 4.69) is 12.1 Å². The third-order valence-electron chi connectivity index (χ3n) is 5.00. The average Bonchev–Trinajstić information content (AvgIpc) is 2.88. The summed E-state index contributed by atoms with van der Waals surface area (Å²) >= 11 is 0. The minimum absolute atomic E-state index is 0.309. The molecule has 0 spiro atoms. The van der Waals surface area contributed by atoms with E-state index in [1.54, 1.807) is 25.1 Å². The quantitative estimate of drug-likeness (QED) is 0.911. The molecular weight excluding hydrogens is 265 g/mol. The summed E-state index contributed by atoms with van der Waals surface area (Å²) in [5, 5.41) is 11.2. The van der Waals surface area contributed by atoms with Crippen LogP contribution in [-0.4, -0.2) is 11.7 Å². The molecule has 0 aliphatic heterocycles. The zero-order chi connectivity index (χ0) is 15.1. The summed E-state index contributed by atoms with van der Waals surface area (Å²) in [7, 11) is 0. The summed E-state index contributed by atoms with van der Waals surface area (Å²) in [5.74, 6) is -0.383. The molecule has 0 heterocycles. The predicted octanol–water partition coefficient (Wildman–Crippen LogP) is 2.78. The maximum absolute atomic E-state index is 14.2. The van der Waals surface area contributed by atoms with Crippen molar-refractivity contribution in [3.8, 4) is 0 Å². The number of aliphatic hydroxyl groups is 1. The molecule has 0 aromatic heterocycles. The van der Waals surface area contributed by atoms with Gasteiger partial charge in [0.2, 0.25) is 0 Å². The summed E-state index contributed by atoms with van der Waals surface area (Å²) in [5.41, 5.74) is 6.87. The number of nitrogens with two attached hydrogens (primary N) is 1. The summed E-state index contributed by atoms with van der Waals surface area (Å²) in [6.45, 7) is 1.99. The van der Waals surface area contributed by atoms with Crippen LogP contribution in [0, 0.1) is 11.2 Å². The zero-order valence-corrected chi connectivity index (χ0v) is 12.1. The Bertz CT molecular complexity index is 641. The fraction of sp³-hybridized carbons (Fsp3) is 0.333. The normalized spacial score (nSPS) is 19.0. The molecule has 21 heavy (non-hydrogen) atoms. The molecule has 0 fully saturated rings. The Morgan fingerprint density at radius 2 is 1.62 bits per heavy atom. The second-order valence-corrected chi connectivity index (χ2v) is 6.16. The van der Waals surface area contributed by atoms with Crippen LogP contribution in [-0.2, 0) is 18.4 Å². The molecule has 1 unspecified atom stereocenters. The van der Waals surface area contributed by atoms with Gasteiger partial charge in [-0.15, -0.1) is 0 Å². The van der Waals surface area contributed by atoms with Gasteiger partial charge in [0.15, 0.2) is 0 Å². The molecule has 110 valence electrons. The van der Waals surface area contributed by atoms with Crippen LogP contribution in [0.1, 0.15) is 23.6 Å². The first-order valence-electron chi connectivity index (χ1n) is 7.24. The first kappa shape index (κ1) is 14.2. The van der Waals surface area contributed by atoms with Crippen molar-refractivity contribution < 1.29 is 9.50 Å². The highest BCUT2D eigenvalue weighted by molar-refractivity contribution is 5.39. The van der Waals surface area contributed by atoms with Crippen LogP contribution in [0.25, 0.3) is 0 Å². The van der Waals surface area contributed by atoms with Crippen LogP contribution >= 0.6 is 0 Å². The van der Waals surface area contributed by atoms with E-state index < -0.39 is 11.0 Å². The fourth-order valence-electron chi connectivity index (χ4n) is 3.52. The zero-order valence-electron chi connectivity index (χ0n) is 12.1. The lowest BCUT2D eigenvalue weighted by atomic mass is 9.67. The van der Waals surface area contributed by atoms with Crippen molar-refractivity contribution >= 4 is 0 Å². The maximum atomic E-state index is 14.2. The molecule has 1 aliphatic carbocycles. The van der Waals surface area contributed by atoms with Crippen molar-refractivity contribution in [3.63, 3.8) is 0 Å². The molecular formula is C18H20FNO. The monoisotopic (exact) mass is 285 g/mol. The number of hydrogen-bond donors (Lipinski definition) is 2. The second-order valence-electron chi connectivity index (χ2n) is 6.16. The second kappa shape index (κ2) is 4.93. The Morgan fingerprint density at radius 1 is 1.10 bits per heavy atom. The molecule has 2 aromatic carbocycles. The van der Waals surface area contributed by atoms with E-state index in [-0.39, 0.29) is 5.82 Å². The molecule has 0 bridgehead atoms. The van der Waals surface area contributed by atoms with Crippen LogP contribution in [0.15, 0.2) is 48.5 Å². The van der Waals surface area contributed by atoms with Crippen LogP contribution in [0.5, 0.6) is 0 Å². The van der Waals surface area contributed by atoms with Gasteiger partial charge in [0.1, 0.15) is 5.82 Å². The third-order valence-corrected chi connectivity index (χ3v) is 5.00. The van der Waals surface area contributed by atoms with Gasteiger partial charge in [0.25, 0.3) is 0 Å². The molecule has 0 saturated heterocycles. The fourth-order valence-corrected chi connectivity index (χ4v) is 3.52. The van der Waals surface area contributed by atoms with Crippen LogP contribution in [0.2, 0.25) is 0 Å². The Morgan fingerprint density at radius 3 is 2.14 bits per heavy atom. The Balaban J connectivity index is 2.07. The van der Waals surface area contributed by atoms with Crippen molar-refractivity contribution in [2.75, 3.05) is 6.54 Å². The van der Waals surface area contributed by atoms with Gasteiger partial charge in [-0.1, -0.05) is 42.5 Å². The van der Waals surface area contributed by atoms with Gasteiger partial charge in [-0.25, -0.2) is 4.39 Å². The van der Waals surface area contributed by atoms with Crippen molar-refractivity contribution in [2.24, 2.45) is 11.1 Å². The molecule has 2 nitrogen and oxygen atoms in total. The van der Waals surface area contributed by atoms with Gasteiger partial charge in [-0.2, -0.15) is 0 Å². The number of halogens is 1. The Labute approximate surface area is 124 Å². The first-order chi connectivity index (χ1) is 10.00. The number of hydrogen-bond acceptors (Lipinski definition) is 2. The number of fused-ring (bicyclic) bond motifs is 1. The average molecular weight is 285 g/mol. The van der Waals surface area contributed by atoms with Gasteiger partial charge in [-0.05, 0) is 37.0 Å². The van der Waals surface area contributed by atoms with E-state index in [1.807, 2.05) is 12.1 Å². The highest BCUT2D eigenvalue weighted by Gasteiger charge is 2.51. The molecule has 3 heteroatoms. The minimum atomic E-state index is -1.31. The summed E-state index contributed by atoms with van der Waals surface area (Å²) in [6.07, 6.45) is 1.34. The Kier molecular flexibility index (Phi) is 3.34. The van der Waals surface area contributed by atoms with Gasteiger partial charge < -0.3 is 10.8 Å². The molecule has 0 saturated carbocycles. The molecule has 3 N–H and O–H groups in total. The third kappa shape index (κ3) is 2.08. The van der Waals surface area contributed by atoms with E-state index in [1.165, 1.54) is 17.2 Å². The largest absolute Gasteiger partial charge is 0.385 e. The summed E-state index contributed by atoms with van der Waals surface area (Å²) in [4.78, 5) is 0. The van der Waals surface area contributed by atoms with Gasteiger partial charge in [-0.3, -0.25) is 0 Å². The van der Waals surface area contributed by atoms with Crippen LogP contribution in [0.4, 0.5) is 4.39 Å². The van der Waals surface area contributed by atoms with E-state index in [0.717, 1.165) is 0 Å². The number of rotatable bonds is 3. The Hall–Kier alpha value is -1.71. The van der Waals surface area contributed by atoms with E-state index in [4.69, 9.17) is 5.73 Å². The maximum Gasteiger partial charge on any atom is 0.129 e. The summed E-state index contributed by atoms with van der Waals surface area (Å²) < 4.78 is 14.2. The van der Waals surface area contributed by atoms with E-state index in [9.17, 15) is 9.50 Å². The van der Waals surface area contributed by atoms with Gasteiger partial charge in [0, 0.05) is 17.5 Å². The van der Waals surface area contributed by atoms with Gasteiger partial charge >= 0.3 is 0 Å². The lowest BCUT2D eigenvalue weighted by Crippen LogP contribution is -2.50. The molecule has 0 radical (unpaired) electrons. The minimum Gasteiger partial charge on any atom is -0.385 e. The molecule has 0 amide bonds. The van der Waals surface area contributed by atoms with Crippen molar-refractivity contribution in [2.45, 2.75) is 25.4 Å². The van der Waals surface area contributed by atoms with Crippen LogP contribution in [0.3, 0.4) is 0 Å². The molecule has 2 aromatic rings. The lowest BCUT2D eigenvalue weighted by molar-refractivity contribution is -0.0699. The standard InChI is InChI=1S/C18H20FNO/c1-17(21,15-8-4-5-9-16(15)19)18(12-20)10-13-6-2-3-7-14(13)11-18/h2-9,21H,10-12,20H2,1H3. The van der Waals surface area contributed by atoms with Crippen molar-refractivity contribution in [1.82, 2.24) is 0 Å². The highest BCUT2D eigenvalue weighted by atomic mass is 19.1. The topological polar surface area (TPSA) is 46.2 Å². The smallest absolute Gasteiger partial charge is 0.129 e. The SMILES string of the molecule is CC(O)(c1ccccc1F)C1(CN)Cc2ccccc2C1. The highest BCUT2D eigenvalue weighted by Crippen LogP contribution is 2.49. The molecule has 1 atom stereocenters. The first-order valence-corrected chi connectivity index (χ1v) is 7.24. The molecule has 3 rings (SSSR count). The lowest BCUT2D eigenvalue weighted by Gasteiger charge is -2.42.